The molecule has 5 N–H and O–H groups in total. The van der Waals surface area contributed by atoms with E-state index in [-0.39, 0.29) is 30.9 Å². The van der Waals surface area contributed by atoms with Gasteiger partial charge in [-0.15, -0.1) is 0 Å². The van der Waals surface area contributed by atoms with Crippen LogP contribution in [0.15, 0.2) is 42.7 Å². The van der Waals surface area contributed by atoms with Gasteiger partial charge in [-0.2, -0.15) is 0 Å². The van der Waals surface area contributed by atoms with Gasteiger partial charge in [0.1, 0.15) is 18.2 Å². The molecule has 3 rings (SSSR count). The van der Waals surface area contributed by atoms with E-state index < -0.39 is 0 Å². The van der Waals surface area contributed by atoms with E-state index in [1.165, 1.54) is 0 Å². The number of carbonyl (C=O) groups excluding carboxylic acids is 1. The van der Waals surface area contributed by atoms with Gasteiger partial charge in [0.25, 0.3) is 0 Å². The molecule has 29 heavy (non-hydrogen) atoms. The number of nitrogens with two attached hydrogens (primary N) is 1. The van der Waals surface area contributed by atoms with Crippen LogP contribution in [0.3, 0.4) is 0 Å². The average Bonchev–Trinajstić information content (AvgIpc) is 2.77. The number of aliphatic hydroxyl groups is 1. The number of anilines is 1. The molecule has 0 aliphatic carbocycles. The normalized spacial score (nSPS) is 14.4. The number of pyridine rings is 1. The Hall–Kier alpha value is -3.13. The van der Waals surface area contributed by atoms with Crippen LogP contribution in [0, 0.1) is 11.3 Å². The predicted octanol–water partition coefficient (Wildman–Crippen LogP) is 1.27. The lowest BCUT2D eigenvalue weighted by Gasteiger charge is -2.32. The number of nitrogens with zero attached hydrogens (tertiary/aromatic N) is 2. The molecule has 8 nitrogen and oxygen atoms in total. The second kappa shape index (κ2) is 9.88. The minimum absolute atomic E-state index is 0.00197. The molecule has 1 saturated heterocycles. The van der Waals surface area contributed by atoms with Gasteiger partial charge in [-0.3, -0.25) is 15.2 Å². The molecule has 0 bridgehead atoms. The first-order valence-electron chi connectivity index (χ1n) is 9.72. The van der Waals surface area contributed by atoms with Gasteiger partial charge in [-0.1, -0.05) is 12.1 Å². The van der Waals surface area contributed by atoms with Crippen LogP contribution >= 0.6 is 0 Å². The molecule has 1 aromatic carbocycles. The highest BCUT2D eigenvalue weighted by atomic mass is 16.5. The van der Waals surface area contributed by atoms with Gasteiger partial charge in [0.2, 0.25) is 5.91 Å². The van der Waals surface area contributed by atoms with Crippen molar-refractivity contribution in [2.75, 3.05) is 31.1 Å². The number of aromatic nitrogens is 1. The number of ether oxygens (including phenoxy) is 1. The zero-order valence-corrected chi connectivity index (χ0v) is 16.3. The fourth-order valence-corrected chi connectivity index (χ4v) is 3.42. The van der Waals surface area contributed by atoms with Crippen molar-refractivity contribution in [1.82, 2.24) is 10.3 Å². The van der Waals surface area contributed by atoms with E-state index in [0.29, 0.717) is 23.4 Å². The van der Waals surface area contributed by atoms with Crippen LogP contribution in [0.1, 0.15) is 24.0 Å². The zero-order valence-electron chi connectivity index (χ0n) is 16.3. The molecule has 2 aromatic rings. The van der Waals surface area contributed by atoms with Gasteiger partial charge in [-0.05, 0) is 31.0 Å². The molecule has 154 valence electrons. The van der Waals surface area contributed by atoms with Gasteiger partial charge in [-0.25, -0.2) is 0 Å². The van der Waals surface area contributed by atoms with Crippen molar-refractivity contribution in [3.8, 4) is 5.75 Å². The molecule has 1 aromatic heterocycles. The summed E-state index contributed by atoms with van der Waals surface area (Å²) in [6.45, 7) is 2.16. The number of hydrogen-bond donors (Lipinski definition) is 4. The van der Waals surface area contributed by atoms with Crippen LogP contribution in [0.4, 0.5) is 5.69 Å². The number of nitrogen functional groups attached to an aromatic ring is 1. The summed E-state index contributed by atoms with van der Waals surface area (Å²) in [7, 11) is 0. The third kappa shape index (κ3) is 5.45. The van der Waals surface area contributed by atoms with E-state index in [0.717, 1.165) is 31.6 Å². The lowest BCUT2D eigenvalue weighted by atomic mass is 9.95. The standard InChI is InChI=1S/C21H27N5O3/c22-20(23)16-1-2-17(14-27)19(13-16)29-12-9-25-21(28)15-5-10-26(11-6-15)18-3-7-24-8-4-18/h1-4,7-8,13,15,27H,5-6,9-12,14H2,(H3,22,23)(H,25,28). The highest BCUT2D eigenvalue weighted by Gasteiger charge is 2.24. The summed E-state index contributed by atoms with van der Waals surface area (Å²) < 4.78 is 5.69. The van der Waals surface area contributed by atoms with Gasteiger partial charge >= 0.3 is 0 Å². The Morgan fingerprint density at radius 3 is 2.66 bits per heavy atom. The minimum atomic E-state index is -0.171. The summed E-state index contributed by atoms with van der Waals surface area (Å²) in [5, 5.41) is 19.9. The van der Waals surface area contributed by atoms with Crippen LogP contribution in [0.5, 0.6) is 5.75 Å². The Balaban J connectivity index is 1.43. The summed E-state index contributed by atoms with van der Waals surface area (Å²) in [6.07, 6.45) is 5.18. The molecule has 1 fully saturated rings. The number of hydrogen-bond acceptors (Lipinski definition) is 6. The van der Waals surface area contributed by atoms with Crippen molar-refractivity contribution in [3.05, 3.63) is 53.9 Å². The summed E-state index contributed by atoms with van der Waals surface area (Å²) in [4.78, 5) is 18.7. The van der Waals surface area contributed by atoms with Gasteiger partial charge in [0, 0.05) is 48.2 Å². The van der Waals surface area contributed by atoms with E-state index in [9.17, 15) is 9.90 Å². The van der Waals surface area contributed by atoms with E-state index in [1.54, 1.807) is 30.6 Å². The number of nitrogens with one attached hydrogen (secondary N) is 2. The molecule has 0 saturated carbocycles. The second-order valence-corrected chi connectivity index (χ2v) is 7.00. The van der Waals surface area contributed by atoms with Gasteiger partial charge in [0.15, 0.2) is 0 Å². The molecule has 0 unspecified atom stereocenters. The van der Waals surface area contributed by atoms with Crippen LogP contribution in [0.25, 0.3) is 0 Å². The van der Waals surface area contributed by atoms with Crippen LogP contribution in [-0.4, -0.2) is 48.1 Å². The SMILES string of the molecule is N=C(N)c1ccc(CO)c(OCCNC(=O)C2CCN(c3ccncc3)CC2)c1. The molecular formula is C21H27N5O3. The maximum atomic E-state index is 12.4. The fourth-order valence-electron chi connectivity index (χ4n) is 3.42. The van der Waals surface area contributed by atoms with Crippen LogP contribution in [-0.2, 0) is 11.4 Å². The van der Waals surface area contributed by atoms with Crippen molar-refractivity contribution in [3.63, 3.8) is 0 Å². The van der Waals surface area contributed by atoms with E-state index in [1.807, 2.05) is 12.1 Å². The zero-order chi connectivity index (χ0) is 20.6. The molecule has 8 heteroatoms. The Bertz CT molecular complexity index is 835. The van der Waals surface area contributed by atoms with Crippen molar-refractivity contribution >= 4 is 17.4 Å². The number of amides is 1. The largest absolute Gasteiger partial charge is 0.491 e. The predicted molar refractivity (Wildman–Crippen MR) is 111 cm³/mol. The number of amidine groups is 1. The van der Waals surface area contributed by atoms with Crippen LogP contribution in [0.2, 0.25) is 0 Å². The van der Waals surface area contributed by atoms with Gasteiger partial charge < -0.3 is 25.8 Å². The smallest absolute Gasteiger partial charge is 0.223 e. The number of aliphatic hydroxyl groups excluding tert-OH is 1. The minimum Gasteiger partial charge on any atom is -0.491 e. The maximum absolute atomic E-state index is 12.4. The number of carbonyl (C=O) groups is 1. The second-order valence-electron chi connectivity index (χ2n) is 7.00. The topological polar surface area (TPSA) is 125 Å². The van der Waals surface area contributed by atoms with E-state index >= 15 is 0 Å². The van der Waals surface area contributed by atoms with Crippen molar-refractivity contribution in [2.45, 2.75) is 19.4 Å². The third-order valence-electron chi connectivity index (χ3n) is 5.10. The van der Waals surface area contributed by atoms with Gasteiger partial charge in [0.05, 0.1) is 13.2 Å². The monoisotopic (exact) mass is 397 g/mol. The first-order chi connectivity index (χ1) is 14.1. The Morgan fingerprint density at radius 2 is 2.00 bits per heavy atom. The number of rotatable bonds is 8. The van der Waals surface area contributed by atoms with Crippen molar-refractivity contribution in [2.24, 2.45) is 11.7 Å². The summed E-state index contributed by atoms with van der Waals surface area (Å²) in [6, 6.07) is 8.95. The highest BCUT2D eigenvalue weighted by molar-refractivity contribution is 5.95. The molecule has 2 heterocycles. The number of piperidine rings is 1. The molecule has 1 aliphatic heterocycles. The first kappa shape index (κ1) is 20.6. The van der Waals surface area contributed by atoms with E-state index in [2.05, 4.69) is 15.2 Å². The average molecular weight is 397 g/mol. The maximum Gasteiger partial charge on any atom is 0.223 e. The molecule has 0 radical (unpaired) electrons. The lowest BCUT2D eigenvalue weighted by molar-refractivity contribution is -0.125. The molecule has 1 amide bonds. The molecule has 1 aliphatic rings. The summed E-state index contributed by atoms with van der Waals surface area (Å²) >= 11 is 0. The Morgan fingerprint density at radius 1 is 1.28 bits per heavy atom. The third-order valence-corrected chi connectivity index (χ3v) is 5.10. The summed E-state index contributed by atoms with van der Waals surface area (Å²) in [5.74, 6) is 0.454. The highest BCUT2D eigenvalue weighted by Crippen LogP contribution is 2.23. The molecule has 0 spiro atoms. The number of benzene rings is 1. The fraction of sp³-hybridized carbons (Fsp3) is 0.381. The Kier molecular flexibility index (Phi) is 7.02. The van der Waals surface area contributed by atoms with E-state index in [4.69, 9.17) is 15.9 Å². The van der Waals surface area contributed by atoms with Crippen LogP contribution < -0.4 is 20.7 Å². The van der Waals surface area contributed by atoms with Crippen molar-refractivity contribution < 1.29 is 14.6 Å². The Labute approximate surface area is 170 Å². The lowest BCUT2D eigenvalue weighted by Crippen LogP contribution is -2.41. The summed E-state index contributed by atoms with van der Waals surface area (Å²) in [5.41, 5.74) is 7.78. The van der Waals surface area contributed by atoms with Crippen molar-refractivity contribution in [1.29, 1.82) is 5.41 Å². The molecule has 0 atom stereocenters. The molecular weight excluding hydrogens is 370 g/mol. The quantitative estimate of drug-likeness (QED) is 0.302. The first-order valence-corrected chi connectivity index (χ1v) is 9.72.